The second kappa shape index (κ2) is 8.59. The predicted molar refractivity (Wildman–Crippen MR) is 104 cm³/mol. The Hall–Kier alpha value is -2.62. The third-order valence-corrected chi connectivity index (χ3v) is 6.28. The van der Waals surface area contributed by atoms with Crippen LogP contribution >= 0.6 is 0 Å². The number of morpholine rings is 1. The summed E-state index contributed by atoms with van der Waals surface area (Å²) in [5.74, 6) is 0.497. The van der Waals surface area contributed by atoms with E-state index in [1.807, 2.05) is 0 Å². The molecule has 0 bridgehead atoms. The number of sulfonamides is 1. The van der Waals surface area contributed by atoms with Crippen molar-refractivity contribution in [1.82, 2.24) is 4.31 Å². The van der Waals surface area contributed by atoms with Crippen LogP contribution in [0.3, 0.4) is 0 Å². The number of anilines is 1. The molecule has 0 aliphatic carbocycles. The molecule has 9 heteroatoms. The number of methoxy groups -OCH3 is 2. The van der Waals surface area contributed by atoms with E-state index in [2.05, 4.69) is 5.32 Å². The van der Waals surface area contributed by atoms with Gasteiger partial charge in [0.2, 0.25) is 10.0 Å². The van der Waals surface area contributed by atoms with Crippen LogP contribution in [0.4, 0.5) is 5.69 Å². The van der Waals surface area contributed by atoms with Crippen molar-refractivity contribution in [3.05, 3.63) is 48.0 Å². The van der Waals surface area contributed by atoms with Gasteiger partial charge in [-0.1, -0.05) is 0 Å². The Bertz CT molecular complexity index is 937. The first-order valence-electron chi connectivity index (χ1n) is 8.67. The molecule has 0 saturated carbocycles. The SMILES string of the molecule is COc1ccc(C(=O)Nc2ccc(OC)c(S(=O)(=O)N3CCOCC3)c2)cc1. The van der Waals surface area contributed by atoms with E-state index in [-0.39, 0.29) is 29.6 Å². The molecule has 28 heavy (non-hydrogen) atoms. The number of ether oxygens (including phenoxy) is 3. The second-order valence-electron chi connectivity index (χ2n) is 6.06. The molecule has 0 atom stereocenters. The van der Waals surface area contributed by atoms with Crippen LogP contribution in [-0.4, -0.2) is 59.2 Å². The van der Waals surface area contributed by atoms with Crippen LogP contribution in [-0.2, 0) is 14.8 Å². The molecule has 2 aromatic carbocycles. The summed E-state index contributed by atoms with van der Waals surface area (Å²) in [6.45, 7) is 1.23. The lowest BCUT2D eigenvalue weighted by Gasteiger charge is -2.26. The maximum atomic E-state index is 13.0. The fourth-order valence-electron chi connectivity index (χ4n) is 2.83. The molecule has 0 aromatic heterocycles. The van der Waals surface area contributed by atoms with Crippen LogP contribution < -0.4 is 14.8 Å². The summed E-state index contributed by atoms with van der Waals surface area (Å²) in [5.41, 5.74) is 0.780. The van der Waals surface area contributed by atoms with Gasteiger partial charge in [0.05, 0.1) is 27.4 Å². The van der Waals surface area contributed by atoms with E-state index < -0.39 is 10.0 Å². The average molecular weight is 406 g/mol. The zero-order valence-corrected chi connectivity index (χ0v) is 16.5. The summed E-state index contributed by atoms with van der Waals surface area (Å²) in [6.07, 6.45) is 0. The molecule has 2 aromatic rings. The average Bonchev–Trinajstić information content (AvgIpc) is 2.74. The van der Waals surface area contributed by atoms with Crippen molar-refractivity contribution >= 4 is 21.6 Å². The Labute approximate surface area is 164 Å². The van der Waals surface area contributed by atoms with Crippen molar-refractivity contribution in [3.8, 4) is 11.5 Å². The number of rotatable bonds is 6. The van der Waals surface area contributed by atoms with Crippen molar-refractivity contribution < 1.29 is 27.4 Å². The maximum absolute atomic E-state index is 13.0. The number of nitrogens with zero attached hydrogens (tertiary/aromatic N) is 1. The zero-order valence-electron chi connectivity index (χ0n) is 15.7. The van der Waals surface area contributed by atoms with Crippen LogP contribution in [0.25, 0.3) is 0 Å². The fraction of sp³-hybridized carbons (Fsp3) is 0.316. The summed E-state index contributed by atoms with van der Waals surface area (Å²) in [7, 11) is -0.826. The first-order valence-corrected chi connectivity index (χ1v) is 10.1. The van der Waals surface area contributed by atoms with Gasteiger partial charge in [-0.05, 0) is 42.5 Å². The molecule has 1 N–H and O–H groups in total. The van der Waals surface area contributed by atoms with Crippen LogP contribution in [0, 0.1) is 0 Å². The lowest BCUT2D eigenvalue weighted by atomic mass is 10.2. The highest BCUT2D eigenvalue weighted by Crippen LogP contribution is 2.30. The molecule has 1 heterocycles. The quantitative estimate of drug-likeness (QED) is 0.788. The highest BCUT2D eigenvalue weighted by atomic mass is 32.2. The van der Waals surface area contributed by atoms with E-state index in [0.717, 1.165) is 0 Å². The Morgan fingerprint density at radius 2 is 1.71 bits per heavy atom. The lowest BCUT2D eigenvalue weighted by molar-refractivity contribution is 0.0729. The molecule has 1 amide bonds. The minimum atomic E-state index is -3.78. The van der Waals surface area contributed by atoms with E-state index in [4.69, 9.17) is 14.2 Å². The van der Waals surface area contributed by atoms with Gasteiger partial charge in [-0.2, -0.15) is 4.31 Å². The van der Waals surface area contributed by atoms with Crippen molar-refractivity contribution in [3.63, 3.8) is 0 Å². The molecular formula is C19H22N2O6S. The third kappa shape index (κ3) is 4.27. The number of amides is 1. The molecule has 3 rings (SSSR count). The highest BCUT2D eigenvalue weighted by Gasteiger charge is 2.29. The van der Waals surface area contributed by atoms with Gasteiger partial charge in [0.15, 0.2) is 0 Å². The van der Waals surface area contributed by atoms with Crippen LogP contribution in [0.2, 0.25) is 0 Å². The highest BCUT2D eigenvalue weighted by molar-refractivity contribution is 7.89. The first kappa shape index (κ1) is 20.1. The van der Waals surface area contributed by atoms with E-state index in [9.17, 15) is 13.2 Å². The van der Waals surface area contributed by atoms with E-state index in [0.29, 0.717) is 30.2 Å². The second-order valence-corrected chi connectivity index (χ2v) is 7.97. The van der Waals surface area contributed by atoms with E-state index in [1.54, 1.807) is 37.4 Å². The van der Waals surface area contributed by atoms with Crippen LogP contribution in [0.15, 0.2) is 47.4 Å². The normalized spacial score (nSPS) is 15.1. The van der Waals surface area contributed by atoms with Crippen molar-refractivity contribution in [2.75, 3.05) is 45.8 Å². The van der Waals surface area contributed by atoms with Gasteiger partial charge in [-0.3, -0.25) is 4.79 Å². The molecule has 1 saturated heterocycles. The van der Waals surface area contributed by atoms with Crippen LogP contribution in [0.5, 0.6) is 11.5 Å². The first-order chi connectivity index (χ1) is 13.5. The van der Waals surface area contributed by atoms with Gasteiger partial charge in [0.25, 0.3) is 5.91 Å². The monoisotopic (exact) mass is 406 g/mol. The number of benzene rings is 2. The minimum Gasteiger partial charge on any atom is -0.497 e. The topological polar surface area (TPSA) is 94.2 Å². The molecule has 1 aliphatic rings. The Morgan fingerprint density at radius 1 is 1.04 bits per heavy atom. The number of nitrogens with one attached hydrogen (secondary N) is 1. The van der Waals surface area contributed by atoms with Gasteiger partial charge < -0.3 is 19.5 Å². The Kier molecular flexibility index (Phi) is 6.18. The fourth-order valence-corrected chi connectivity index (χ4v) is 4.42. The zero-order chi connectivity index (χ0) is 20.1. The molecule has 0 spiro atoms. The minimum absolute atomic E-state index is 0.00410. The maximum Gasteiger partial charge on any atom is 0.255 e. The summed E-state index contributed by atoms with van der Waals surface area (Å²) >= 11 is 0. The van der Waals surface area contributed by atoms with Gasteiger partial charge in [-0.15, -0.1) is 0 Å². The molecular weight excluding hydrogens is 384 g/mol. The van der Waals surface area contributed by atoms with Crippen molar-refractivity contribution in [2.24, 2.45) is 0 Å². The molecule has 0 radical (unpaired) electrons. The molecule has 0 unspecified atom stereocenters. The molecule has 8 nitrogen and oxygen atoms in total. The summed E-state index contributed by atoms with van der Waals surface area (Å²) in [4.78, 5) is 12.5. The number of carbonyl (C=O) groups excluding carboxylic acids is 1. The predicted octanol–water partition coefficient (Wildman–Crippen LogP) is 1.98. The summed E-state index contributed by atoms with van der Waals surface area (Å²) < 4.78 is 42.9. The number of hydrogen-bond donors (Lipinski definition) is 1. The summed E-state index contributed by atoms with van der Waals surface area (Å²) in [5, 5.41) is 2.72. The number of hydrogen-bond acceptors (Lipinski definition) is 6. The lowest BCUT2D eigenvalue weighted by Crippen LogP contribution is -2.40. The van der Waals surface area contributed by atoms with Gasteiger partial charge >= 0.3 is 0 Å². The smallest absolute Gasteiger partial charge is 0.255 e. The van der Waals surface area contributed by atoms with Crippen LogP contribution in [0.1, 0.15) is 10.4 Å². The summed E-state index contributed by atoms with van der Waals surface area (Å²) in [6, 6.07) is 11.1. The van der Waals surface area contributed by atoms with E-state index >= 15 is 0 Å². The van der Waals surface area contributed by atoms with Gasteiger partial charge in [-0.25, -0.2) is 8.42 Å². The molecule has 1 fully saturated rings. The Morgan fingerprint density at radius 3 is 2.32 bits per heavy atom. The standard InChI is InChI=1S/C19H22N2O6S/c1-25-16-6-3-14(4-7-16)19(22)20-15-5-8-17(26-2)18(13-15)28(23,24)21-9-11-27-12-10-21/h3-8,13H,9-12H2,1-2H3,(H,20,22). The third-order valence-electron chi connectivity index (χ3n) is 4.36. The van der Waals surface area contributed by atoms with Gasteiger partial charge in [0, 0.05) is 24.3 Å². The van der Waals surface area contributed by atoms with Gasteiger partial charge in [0.1, 0.15) is 16.4 Å². The molecule has 150 valence electrons. The van der Waals surface area contributed by atoms with E-state index in [1.165, 1.54) is 23.5 Å². The number of carbonyl (C=O) groups is 1. The molecule has 1 aliphatic heterocycles. The largest absolute Gasteiger partial charge is 0.497 e. The van der Waals surface area contributed by atoms with Crippen molar-refractivity contribution in [1.29, 1.82) is 0 Å². The van der Waals surface area contributed by atoms with Crippen molar-refractivity contribution in [2.45, 2.75) is 4.90 Å². The Balaban J connectivity index is 1.86.